The first-order chi connectivity index (χ1) is 11.0. The van der Waals surface area contributed by atoms with Crippen LogP contribution in [0, 0.1) is 20.2 Å². The summed E-state index contributed by atoms with van der Waals surface area (Å²) in [6, 6.07) is 12.5. The van der Waals surface area contributed by atoms with Crippen LogP contribution in [0.5, 0.6) is 0 Å². The summed E-state index contributed by atoms with van der Waals surface area (Å²) in [7, 11) is 0. The number of rotatable bonds is 4. The summed E-state index contributed by atoms with van der Waals surface area (Å²) in [4.78, 5) is 36.4. The van der Waals surface area contributed by atoms with E-state index < -0.39 is 21.7 Å². The van der Waals surface area contributed by atoms with Gasteiger partial charge in [-0.15, -0.1) is 0 Å². The minimum absolute atomic E-state index is 0.148. The number of benzene rings is 2. The van der Waals surface area contributed by atoms with Crippen LogP contribution in [0.15, 0.2) is 59.8 Å². The van der Waals surface area contributed by atoms with Crippen molar-refractivity contribution in [3.8, 4) is 0 Å². The van der Waals surface area contributed by atoms with Crippen LogP contribution in [0.4, 0.5) is 5.69 Å². The monoisotopic (exact) mass is 315 g/mol. The molecule has 0 aliphatic rings. The van der Waals surface area contributed by atoms with Gasteiger partial charge in [0.1, 0.15) is 0 Å². The quantitative estimate of drug-likeness (QED) is 0.280. The lowest BCUT2D eigenvalue weighted by atomic mass is 10.2. The first-order valence-corrected chi connectivity index (χ1v) is 6.22. The van der Waals surface area contributed by atoms with Crippen molar-refractivity contribution < 1.29 is 19.5 Å². The average Bonchev–Trinajstić information content (AvgIpc) is 2.55. The molecule has 2 aromatic rings. The molecule has 0 spiro atoms. The maximum atomic E-state index is 11.7. The molecule has 9 heteroatoms. The largest absolute Gasteiger partial charge is 0.417 e. The Labute approximate surface area is 129 Å². The van der Waals surface area contributed by atoms with E-state index >= 15 is 0 Å². The number of amidine groups is 1. The molecule has 0 atom stereocenters. The Hall–Kier alpha value is -3.62. The third-order valence-electron chi connectivity index (χ3n) is 2.71. The highest BCUT2D eigenvalue weighted by atomic mass is 16.7. The standard InChI is InChI=1S/C14H9N3O6/c18-14(10-5-2-1-3-6-10)23-15-13(17(21)22)11-7-4-8-12(9-11)16(19)20/h1-9H. The molecule has 9 nitrogen and oxygen atoms in total. The molecule has 0 aliphatic heterocycles. The maximum Gasteiger partial charge on any atom is 0.417 e. The van der Waals surface area contributed by atoms with E-state index in [0.29, 0.717) is 0 Å². The van der Waals surface area contributed by atoms with Gasteiger partial charge in [-0.25, -0.2) is 9.63 Å². The van der Waals surface area contributed by atoms with Crippen molar-refractivity contribution >= 4 is 17.5 Å². The molecule has 2 rings (SSSR count). The molecule has 2 aromatic carbocycles. The van der Waals surface area contributed by atoms with Crippen LogP contribution >= 0.6 is 0 Å². The summed E-state index contributed by atoms with van der Waals surface area (Å²) in [5, 5.41) is 25.0. The lowest BCUT2D eigenvalue weighted by Gasteiger charge is -1.98. The van der Waals surface area contributed by atoms with Gasteiger partial charge < -0.3 is 10.1 Å². The summed E-state index contributed by atoms with van der Waals surface area (Å²) in [6.07, 6.45) is 0. The molecule has 0 radical (unpaired) electrons. The lowest BCUT2D eigenvalue weighted by molar-refractivity contribution is -0.385. The van der Waals surface area contributed by atoms with Crippen molar-refractivity contribution in [2.45, 2.75) is 0 Å². The minimum atomic E-state index is -0.892. The molecular weight excluding hydrogens is 306 g/mol. The lowest BCUT2D eigenvalue weighted by Crippen LogP contribution is -2.15. The minimum Gasteiger partial charge on any atom is -0.358 e. The predicted octanol–water partition coefficient (Wildman–Crippen LogP) is 2.39. The first-order valence-electron chi connectivity index (χ1n) is 6.22. The Morgan fingerprint density at radius 3 is 2.22 bits per heavy atom. The van der Waals surface area contributed by atoms with Gasteiger partial charge >= 0.3 is 11.8 Å². The predicted molar refractivity (Wildman–Crippen MR) is 78.5 cm³/mol. The van der Waals surface area contributed by atoms with Gasteiger partial charge in [0.2, 0.25) is 0 Å². The molecule has 23 heavy (non-hydrogen) atoms. The summed E-state index contributed by atoms with van der Waals surface area (Å²) in [5.74, 6) is -1.69. The zero-order valence-corrected chi connectivity index (χ0v) is 11.5. The van der Waals surface area contributed by atoms with Gasteiger partial charge in [0.15, 0.2) is 5.16 Å². The number of nitrogens with zero attached hydrogens (tertiary/aromatic N) is 3. The van der Waals surface area contributed by atoms with Crippen molar-refractivity contribution in [2.24, 2.45) is 5.16 Å². The molecule has 0 N–H and O–H groups in total. The number of carbonyl (C=O) groups excluding carboxylic acids is 1. The van der Waals surface area contributed by atoms with Gasteiger partial charge in [0.05, 0.1) is 16.1 Å². The number of hydrogen-bond acceptors (Lipinski definition) is 7. The highest BCUT2D eigenvalue weighted by molar-refractivity contribution is 5.94. The average molecular weight is 315 g/mol. The fourth-order valence-electron chi connectivity index (χ4n) is 1.66. The van der Waals surface area contributed by atoms with Gasteiger partial charge in [-0.1, -0.05) is 24.3 Å². The highest BCUT2D eigenvalue weighted by Crippen LogP contribution is 2.14. The van der Waals surface area contributed by atoms with Crippen LogP contribution in [0.1, 0.15) is 15.9 Å². The van der Waals surface area contributed by atoms with Crippen molar-refractivity contribution in [1.82, 2.24) is 0 Å². The van der Waals surface area contributed by atoms with Crippen LogP contribution < -0.4 is 0 Å². The number of oxime groups is 1. The van der Waals surface area contributed by atoms with Crippen LogP contribution in [-0.2, 0) is 4.84 Å². The van der Waals surface area contributed by atoms with Crippen molar-refractivity contribution in [3.05, 3.63) is 86.0 Å². The smallest absolute Gasteiger partial charge is 0.358 e. The second kappa shape index (κ2) is 6.89. The zero-order chi connectivity index (χ0) is 16.8. The summed E-state index contributed by atoms with van der Waals surface area (Å²) in [6.45, 7) is 0. The summed E-state index contributed by atoms with van der Waals surface area (Å²) < 4.78 is 0. The van der Waals surface area contributed by atoms with Crippen LogP contribution in [-0.4, -0.2) is 21.7 Å². The number of non-ortho nitro benzene ring substituents is 1. The van der Waals surface area contributed by atoms with Crippen LogP contribution in [0.3, 0.4) is 0 Å². The fraction of sp³-hybridized carbons (Fsp3) is 0. The number of nitro benzene ring substituents is 1. The highest BCUT2D eigenvalue weighted by Gasteiger charge is 2.22. The molecule has 0 aromatic heterocycles. The second-order valence-electron chi connectivity index (χ2n) is 4.22. The number of carbonyl (C=O) groups is 1. The Morgan fingerprint density at radius 1 is 0.957 bits per heavy atom. The van der Waals surface area contributed by atoms with E-state index in [2.05, 4.69) is 9.99 Å². The van der Waals surface area contributed by atoms with E-state index in [-0.39, 0.29) is 16.8 Å². The third-order valence-corrected chi connectivity index (χ3v) is 2.71. The van der Waals surface area contributed by atoms with E-state index in [1.165, 1.54) is 30.3 Å². The van der Waals surface area contributed by atoms with Gasteiger partial charge in [0.25, 0.3) is 5.69 Å². The molecule has 0 aliphatic carbocycles. The van der Waals surface area contributed by atoms with Gasteiger partial charge in [0, 0.05) is 12.1 Å². The van der Waals surface area contributed by atoms with E-state index in [9.17, 15) is 25.0 Å². The summed E-state index contributed by atoms with van der Waals surface area (Å²) in [5.41, 5.74) is -0.325. The van der Waals surface area contributed by atoms with Crippen LogP contribution in [0.25, 0.3) is 0 Å². The van der Waals surface area contributed by atoms with Gasteiger partial charge in [-0.2, -0.15) is 0 Å². The SMILES string of the molecule is O=C(ON=C(c1cccc([N+](=O)[O-])c1)[N+](=O)[O-])c1ccccc1. The maximum absolute atomic E-state index is 11.7. The van der Waals surface area contributed by atoms with E-state index in [1.54, 1.807) is 18.2 Å². The van der Waals surface area contributed by atoms with Crippen molar-refractivity contribution in [2.75, 3.05) is 0 Å². The molecule has 0 fully saturated rings. The second-order valence-corrected chi connectivity index (χ2v) is 4.22. The Morgan fingerprint density at radius 2 is 1.61 bits per heavy atom. The third kappa shape index (κ3) is 3.94. The van der Waals surface area contributed by atoms with E-state index in [0.717, 1.165) is 6.07 Å². The topological polar surface area (TPSA) is 125 Å². The zero-order valence-electron chi connectivity index (χ0n) is 11.5. The number of nitro groups is 2. The molecule has 0 saturated carbocycles. The molecule has 0 amide bonds. The first kappa shape index (κ1) is 15.8. The molecule has 0 bridgehead atoms. The van der Waals surface area contributed by atoms with E-state index in [1.807, 2.05) is 0 Å². The van der Waals surface area contributed by atoms with Crippen LogP contribution in [0.2, 0.25) is 0 Å². The molecule has 116 valence electrons. The molecular formula is C14H9N3O6. The number of hydrogen-bond donors (Lipinski definition) is 0. The molecule has 0 unspecified atom stereocenters. The Kier molecular flexibility index (Phi) is 4.72. The van der Waals surface area contributed by atoms with Gasteiger partial charge in [-0.05, 0) is 23.1 Å². The molecule has 0 saturated heterocycles. The fourth-order valence-corrected chi connectivity index (χ4v) is 1.66. The normalized spacial score (nSPS) is 10.9. The van der Waals surface area contributed by atoms with Gasteiger partial charge in [-0.3, -0.25) is 10.1 Å². The summed E-state index contributed by atoms with van der Waals surface area (Å²) >= 11 is 0. The Balaban J connectivity index is 2.28. The van der Waals surface area contributed by atoms with Crippen molar-refractivity contribution in [1.29, 1.82) is 0 Å². The Bertz CT molecular complexity index is 788. The molecule has 0 heterocycles. The van der Waals surface area contributed by atoms with E-state index in [4.69, 9.17) is 0 Å². The van der Waals surface area contributed by atoms with Crippen molar-refractivity contribution in [3.63, 3.8) is 0 Å².